The zero-order valence-electron chi connectivity index (χ0n) is 80.1. The van der Waals surface area contributed by atoms with Crippen LogP contribution in [0.2, 0.25) is 0 Å². The first-order valence-electron chi connectivity index (χ1n) is 40.7. The third-order valence-electron chi connectivity index (χ3n) is 17.4. The SMILES string of the molecule is C#CC1=NCC=C1C(C)(C)C.C=CC1=NC(C(C)(C)C)=CC1.C=CC1=NCC(C(C)(C)C)=C1.C=Cc1cc(C(C)(C)C)on1.C=Cc1cc(C(C)(C)C)sn1.C=Cc1nc(C(C)(C)C)co1.C=Cc1nc(C(C)(C)C)cs1.C=Cc1ncc(C(C)(C)C)o1.C=Cc1ncc(C(C)(C)C)s1.C=Cc1nocc1C(C)(C)C.C=Cc1nscc1C(C)(C)C. The van der Waals surface area contributed by atoms with E-state index in [1.54, 1.807) is 102 Å². The van der Waals surface area contributed by atoms with Crippen molar-refractivity contribution in [3.8, 4) is 12.3 Å². The number of oxazole rings is 2. The molecule has 658 valence electrons. The molecule has 0 atom stereocenters. The van der Waals surface area contributed by atoms with Crippen LogP contribution in [0.5, 0.6) is 0 Å². The standard InChI is InChI=1S/C10H15N.C10H13N.C10H15N.4C9H13NO.4C9H13NS/c1-5-9-6-8(7-11-9)10(2,3)4;1-5-9-8(6-7-11-9)10(2,3)4;1-5-8-6-7-9(11-8)10(2,3)4;1-5-8-10-7(6-11-8)9(2,3)4;1-5-8-10-6-7(11-8)9(2,3)4;1-5-8-7(6-11-10-8)9(2,3)4;1-5-7-6-8(11-10-7)9(2,3)4;1-5-8-10-7(6-11-8)9(2,3)4;1-5-8-10-6-7(11-8)9(2,3)4;1-5-8-7(6-11-10-8)9(2,3)4;1-5-7-6-8(11-10-7)9(2,3)4/h5-6H,1,7H2,2-4H3;1,6H,7H2,2-4H3;5,7H,1,6H2,2-4H3;8*5-6H,1H2,2-4H3. The highest BCUT2D eigenvalue weighted by Crippen LogP contribution is 2.35. The maximum Gasteiger partial charge on any atom is 0.218 e. The van der Waals surface area contributed by atoms with Crippen LogP contribution in [0.25, 0.3) is 48.6 Å². The van der Waals surface area contributed by atoms with Crippen molar-refractivity contribution in [1.29, 1.82) is 0 Å². The second-order valence-electron chi connectivity index (χ2n) is 39.8. The second-order valence-corrected chi connectivity index (χ2v) is 43.2. The van der Waals surface area contributed by atoms with E-state index < -0.39 is 0 Å². The molecule has 0 unspecified atom stereocenters. The van der Waals surface area contributed by atoms with Crippen LogP contribution in [0.1, 0.15) is 323 Å². The third-order valence-corrected chi connectivity index (χ3v) is 21.5. The molecule has 0 aromatic carbocycles. The lowest BCUT2D eigenvalue weighted by atomic mass is 9.84. The van der Waals surface area contributed by atoms with Gasteiger partial charge in [-0.3, -0.25) is 15.0 Å². The van der Waals surface area contributed by atoms with Gasteiger partial charge in [-0.05, 0) is 145 Å². The van der Waals surface area contributed by atoms with E-state index in [4.69, 9.17) is 24.3 Å². The van der Waals surface area contributed by atoms with Gasteiger partial charge in [-0.15, -0.1) is 29.1 Å². The monoisotopic (exact) mass is 1720 g/mol. The number of rotatable bonds is 10. The normalized spacial score (nSPS) is 13.2. The van der Waals surface area contributed by atoms with Crippen LogP contribution in [0.4, 0.5) is 0 Å². The van der Waals surface area contributed by atoms with Gasteiger partial charge in [-0.2, -0.15) is 8.75 Å². The molecule has 11 heterocycles. The minimum absolute atomic E-state index is 0.0360. The number of terminal acetylenes is 1. The molecule has 0 saturated carbocycles. The first kappa shape index (κ1) is 110. The van der Waals surface area contributed by atoms with Crippen LogP contribution < -0.4 is 0 Å². The molecule has 19 heteroatoms. The topological polar surface area (TPSA) is 193 Å². The Morgan fingerprint density at radius 2 is 1.02 bits per heavy atom. The molecule has 3 aliphatic heterocycles. The van der Waals surface area contributed by atoms with Crippen LogP contribution in [-0.4, -0.2) is 69.2 Å². The molecule has 0 saturated heterocycles. The van der Waals surface area contributed by atoms with Crippen molar-refractivity contribution in [2.45, 2.75) is 278 Å². The van der Waals surface area contributed by atoms with Crippen molar-refractivity contribution in [2.24, 2.45) is 31.2 Å². The molecular weight excluding hydrogens is 1570 g/mol. The molecule has 11 rings (SSSR count). The van der Waals surface area contributed by atoms with Gasteiger partial charge in [0.05, 0.1) is 47.8 Å². The summed E-state index contributed by atoms with van der Waals surface area (Å²) in [6, 6.07) is 4.00. The van der Waals surface area contributed by atoms with Gasteiger partial charge >= 0.3 is 0 Å². The highest BCUT2D eigenvalue weighted by atomic mass is 32.1. The molecule has 3 aliphatic rings. The lowest BCUT2D eigenvalue weighted by molar-refractivity contribution is 0.328. The van der Waals surface area contributed by atoms with E-state index in [1.807, 2.05) is 24.4 Å². The summed E-state index contributed by atoms with van der Waals surface area (Å²) in [5.41, 5.74) is 16.5. The largest absolute Gasteiger partial charge is 0.445 e. The van der Waals surface area contributed by atoms with E-state index in [1.165, 1.54) is 43.7 Å². The van der Waals surface area contributed by atoms with Gasteiger partial charge < -0.3 is 17.9 Å². The number of aliphatic imine (C=N–C) groups is 3. The molecule has 0 bridgehead atoms. The Labute approximate surface area is 747 Å². The Balaban J connectivity index is 0.000000665. The second kappa shape index (κ2) is 47.8. The molecule has 0 amide bonds. The fourth-order valence-electron chi connectivity index (χ4n) is 9.56. The summed E-state index contributed by atoms with van der Waals surface area (Å²) >= 11 is 6.41. The molecule has 0 fully saturated rings. The van der Waals surface area contributed by atoms with Crippen LogP contribution >= 0.6 is 45.7 Å². The highest BCUT2D eigenvalue weighted by molar-refractivity contribution is 7.12. The number of allylic oxidation sites excluding steroid dienone is 6. The molecule has 0 radical (unpaired) electrons. The number of hydrogen-bond acceptors (Lipinski definition) is 19. The summed E-state index contributed by atoms with van der Waals surface area (Å²) in [6.07, 6.45) is 37.1. The summed E-state index contributed by atoms with van der Waals surface area (Å²) in [7, 11) is 0. The fraction of sp³-hybridized carbons (Fsp3) is 0.461. The summed E-state index contributed by atoms with van der Waals surface area (Å²) in [5.74, 6) is 5.58. The van der Waals surface area contributed by atoms with Gasteiger partial charge in [0.2, 0.25) is 11.8 Å². The fourth-order valence-corrected chi connectivity index (χ4v) is 13.0. The van der Waals surface area contributed by atoms with E-state index in [9.17, 15) is 0 Å². The molecule has 0 N–H and O–H groups in total. The van der Waals surface area contributed by atoms with Crippen molar-refractivity contribution in [3.63, 3.8) is 0 Å². The van der Waals surface area contributed by atoms with Gasteiger partial charge in [0.15, 0.2) is 0 Å². The maximum absolute atomic E-state index is 5.37. The molecule has 0 spiro atoms. The summed E-state index contributed by atoms with van der Waals surface area (Å²) < 4.78 is 28.9. The van der Waals surface area contributed by atoms with Crippen LogP contribution in [0.3, 0.4) is 0 Å². The Bertz CT molecular complexity index is 4380. The lowest BCUT2D eigenvalue weighted by Gasteiger charge is -2.19. The van der Waals surface area contributed by atoms with Crippen molar-refractivity contribution < 1.29 is 17.9 Å². The van der Waals surface area contributed by atoms with Crippen molar-refractivity contribution in [1.82, 2.24) is 39.0 Å². The van der Waals surface area contributed by atoms with Gasteiger partial charge in [0.1, 0.15) is 51.2 Å². The summed E-state index contributed by atoms with van der Waals surface area (Å²) in [5, 5.41) is 13.8. The van der Waals surface area contributed by atoms with E-state index in [0.717, 1.165) is 97.9 Å². The Morgan fingerprint density at radius 1 is 0.455 bits per heavy atom. The van der Waals surface area contributed by atoms with E-state index in [0.29, 0.717) is 11.8 Å². The number of aromatic nitrogens is 8. The predicted octanol–water partition coefficient (Wildman–Crippen LogP) is 30.4. The van der Waals surface area contributed by atoms with Crippen molar-refractivity contribution in [2.75, 3.05) is 13.1 Å². The zero-order chi connectivity index (χ0) is 93.3. The predicted molar refractivity (Wildman–Crippen MR) is 533 cm³/mol. The molecule has 121 heavy (non-hydrogen) atoms. The quantitative estimate of drug-likeness (QED) is 0.118. The molecule has 0 aliphatic carbocycles. The van der Waals surface area contributed by atoms with Gasteiger partial charge in [-0.25, -0.2) is 19.9 Å². The summed E-state index contributed by atoms with van der Waals surface area (Å²) in [4.78, 5) is 32.4. The Kier molecular flexibility index (Phi) is 43.3. The minimum Gasteiger partial charge on any atom is -0.445 e. The van der Waals surface area contributed by atoms with Crippen LogP contribution in [0, 0.1) is 28.6 Å². The van der Waals surface area contributed by atoms with Crippen molar-refractivity contribution >= 4 is 111 Å². The number of nitrogens with zero attached hydrogens (tertiary/aromatic N) is 11. The first-order chi connectivity index (χ1) is 55.5. The average molecular weight is 1720 g/mol. The van der Waals surface area contributed by atoms with Crippen LogP contribution in [-0.2, 0) is 43.3 Å². The Morgan fingerprint density at radius 3 is 1.32 bits per heavy atom. The molecule has 8 aromatic heterocycles. The van der Waals surface area contributed by atoms with Crippen LogP contribution in [0.15, 0.2) is 194 Å². The average Bonchev–Trinajstić information content (AvgIpc) is 1.70. The summed E-state index contributed by atoms with van der Waals surface area (Å²) in [6.45, 7) is 109. The third kappa shape index (κ3) is 40.0. The highest BCUT2D eigenvalue weighted by Gasteiger charge is 2.27. The van der Waals surface area contributed by atoms with Gasteiger partial charge in [0.25, 0.3) is 0 Å². The van der Waals surface area contributed by atoms with Gasteiger partial charge in [-0.1, -0.05) is 323 Å². The van der Waals surface area contributed by atoms with Crippen molar-refractivity contribution in [3.05, 3.63) is 249 Å². The van der Waals surface area contributed by atoms with Gasteiger partial charge in [0, 0.05) is 83.2 Å². The maximum atomic E-state index is 5.37. The lowest BCUT2D eigenvalue weighted by Crippen LogP contribution is -2.14. The van der Waals surface area contributed by atoms with E-state index in [-0.39, 0.29) is 59.6 Å². The number of thiazole rings is 2. The molecule has 8 aromatic rings. The van der Waals surface area contributed by atoms with E-state index in [2.05, 4.69) is 389 Å². The Hall–Kier alpha value is -9.45. The minimum atomic E-state index is 0.0360. The molecule has 15 nitrogen and oxygen atoms in total. The number of hydrogen-bond donors (Lipinski definition) is 0. The molecular formula is C102H147N11O4S4. The smallest absolute Gasteiger partial charge is 0.218 e. The zero-order valence-corrected chi connectivity index (χ0v) is 83.3. The van der Waals surface area contributed by atoms with E-state index >= 15 is 0 Å². The first-order valence-corrected chi connectivity index (χ1v) is 44.0.